The lowest BCUT2D eigenvalue weighted by molar-refractivity contribution is -0.121. The van der Waals surface area contributed by atoms with Crippen LogP contribution in [0.2, 0.25) is 0 Å². The van der Waals surface area contributed by atoms with Crippen molar-refractivity contribution >= 4 is 16.8 Å². The van der Waals surface area contributed by atoms with Crippen molar-refractivity contribution in [1.29, 1.82) is 0 Å². The maximum atomic E-state index is 12.5. The van der Waals surface area contributed by atoms with Crippen molar-refractivity contribution in [2.75, 3.05) is 6.61 Å². The molecule has 0 radical (unpaired) electrons. The predicted octanol–water partition coefficient (Wildman–Crippen LogP) is 3.31. The van der Waals surface area contributed by atoms with Crippen molar-refractivity contribution in [3.05, 3.63) is 41.1 Å². The third-order valence-corrected chi connectivity index (χ3v) is 4.27. The Bertz CT molecular complexity index is 732. The second kappa shape index (κ2) is 7.31. The van der Waals surface area contributed by atoms with Crippen LogP contribution in [-0.4, -0.2) is 28.6 Å². The Balaban J connectivity index is 2.18. The highest BCUT2D eigenvalue weighted by Crippen LogP contribution is 2.23. The number of benzene rings is 1. The highest BCUT2D eigenvalue weighted by Gasteiger charge is 2.21. The number of hydrogen-bond acceptors (Lipinski definition) is 3. The Morgan fingerprint density at radius 3 is 2.54 bits per heavy atom. The quantitative estimate of drug-likeness (QED) is 0.885. The van der Waals surface area contributed by atoms with E-state index in [4.69, 9.17) is 0 Å². The van der Waals surface area contributed by atoms with Crippen LogP contribution in [0.25, 0.3) is 10.9 Å². The molecule has 1 heterocycles. The molecule has 130 valence electrons. The maximum absolute atomic E-state index is 12.5. The Labute approximate surface area is 144 Å². The standard InChI is InChI=1S/C20H28N2O2/c1-13-16-8-6-7-9-18(16)21-14(2)17(13)10-19(24)22-15(12-23)11-20(3,4)5/h6-9,15,23H,10-12H2,1-5H3,(H,22,24). The number of aliphatic hydroxyl groups is 1. The molecule has 2 rings (SSSR count). The van der Waals surface area contributed by atoms with Crippen molar-refractivity contribution in [3.8, 4) is 0 Å². The molecular weight excluding hydrogens is 300 g/mol. The summed E-state index contributed by atoms with van der Waals surface area (Å²) < 4.78 is 0. The molecular formula is C20H28N2O2. The van der Waals surface area contributed by atoms with Crippen molar-refractivity contribution in [3.63, 3.8) is 0 Å². The molecule has 2 aromatic rings. The van der Waals surface area contributed by atoms with E-state index in [1.54, 1.807) is 0 Å². The average Bonchev–Trinajstić information content (AvgIpc) is 2.49. The third kappa shape index (κ3) is 4.54. The summed E-state index contributed by atoms with van der Waals surface area (Å²) in [5.41, 5.74) is 3.97. The van der Waals surface area contributed by atoms with Crippen LogP contribution < -0.4 is 5.32 Å². The van der Waals surface area contributed by atoms with Gasteiger partial charge in [0.05, 0.1) is 24.6 Å². The van der Waals surface area contributed by atoms with E-state index in [2.05, 4.69) is 31.1 Å². The van der Waals surface area contributed by atoms with Gasteiger partial charge >= 0.3 is 0 Å². The molecule has 1 unspecified atom stereocenters. The highest BCUT2D eigenvalue weighted by molar-refractivity contribution is 5.86. The fraction of sp³-hybridized carbons (Fsp3) is 0.500. The number of aryl methyl sites for hydroxylation is 2. The summed E-state index contributed by atoms with van der Waals surface area (Å²) >= 11 is 0. The molecule has 24 heavy (non-hydrogen) atoms. The van der Waals surface area contributed by atoms with E-state index in [-0.39, 0.29) is 30.4 Å². The van der Waals surface area contributed by atoms with Crippen molar-refractivity contribution < 1.29 is 9.90 Å². The SMILES string of the molecule is Cc1nc2ccccc2c(C)c1CC(=O)NC(CO)CC(C)(C)C. The fourth-order valence-corrected chi connectivity index (χ4v) is 3.17. The van der Waals surface area contributed by atoms with E-state index in [0.29, 0.717) is 0 Å². The highest BCUT2D eigenvalue weighted by atomic mass is 16.3. The lowest BCUT2D eigenvalue weighted by atomic mass is 9.88. The zero-order valence-electron chi connectivity index (χ0n) is 15.3. The number of pyridine rings is 1. The van der Waals surface area contributed by atoms with Gasteiger partial charge in [0.2, 0.25) is 5.91 Å². The number of nitrogens with zero attached hydrogens (tertiary/aromatic N) is 1. The minimum atomic E-state index is -0.216. The van der Waals surface area contributed by atoms with Crippen LogP contribution in [0.3, 0.4) is 0 Å². The minimum Gasteiger partial charge on any atom is -0.394 e. The molecule has 0 aliphatic rings. The topological polar surface area (TPSA) is 62.2 Å². The molecule has 0 fully saturated rings. The van der Waals surface area contributed by atoms with E-state index in [0.717, 1.165) is 34.1 Å². The van der Waals surface area contributed by atoms with Crippen LogP contribution in [0.1, 0.15) is 44.0 Å². The molecule has 4 heteroatoms. The van der Waals surface area contributed by atoms with Gasteiger partial charge in [-0.25, -0.2) is 0 Å². The van der Waals surface area contributed by atoms with Gasteiger partial charge in [0.25, 0.3) is 0 Å². The molecule has 0 saturated carbocycles. The van der Waals surface area contributed by atoms with Gasteiger partial charge < -0.3 is 10.4 Å². The van der Waals surface area contributed by atoms with Gasteiger partial charge in [-0.3, -0.25) is 9.78 Å². The Kier molecular flexibility index (Phi) is 5.60. The van der Waals surface area contributed by atoms with E-state index in [1.807, 2.05) is 38.1 Å². The number of nitrogens with one attached hydrogen (secondary N) is 1. The Morgan fingerprint density at radius 2 is 1.92 bits per heavy atom. The molecule has 0 aliphatic heterocycles. The molecule has 1 aromatic heterocycles. The molecule has 1 amide bonds. The lowest BCUT2D eigenvalue weighted by Crippen LogP contribution is -2.40. The molecule has 4 nitrogen and oxygen atoms in total. The maximum Gasteiger partial charge on any atom is 0.224 e. The summed E-state index contributed by atoms with van der Waals surface area (Å²) in [6.07, 6.45) is 1.03. The number of hydrogen-bond donors (Lipinski definition) is 2. The van der Waals surface area contributed by atoms with Gasteiger partial charge in [0.15, 0.2) is 0 Å². The number of rotatable bonds is 5. The van der Waals surface area contributed by atoms with Gasteiger partial charge in [0.1, 0.15) is 0 Å². The average molecular weight is 328 g/mol. The molecule has 1 atom stereocenters. The third-order valence-electron chi connectivity index (χ3n) is 4.27. The first kappa shape index (κ1) is 18.4. The molecule has 2 N–H and O–H groups in total. The van der Waals surface area contributed by atoms with Gasteiger partial charge in [0, 0.05) is 11.1 Å². The van der Waals surface area contributed by atoms with E-state index in [1.165, 1.54) is 0 Å². The minimum absolute atomic E-state index is 0.0447. The van der Waals surface area contributed by atoms with E-state index < -0.39 is 0 Å². The van der Waals surface area contributed by atoms with Gasteiger partial charge in [-0.2, -0.15) is 0 Å². The molecule has 0 spiro atoms. The zero-order valence-corrected chi connectivity index (χ0v) is 15.3. The van der Waals surface area contributed by atoms with Crippen LogP contribution in [0.5, 0.6) is 0 Å². The van der Waals surface area contributed by atoms with Crippen molar-refractivity contribution in [2.24, 2.45) is 5.41 Å². The number of para-hydroxylation sites is 1. The molecule has 0 aliphatic carbocycles. The van der Waals surface area contributed by atoms with E-state index in [9.17, 15) is 9.90 Å². The number of aromatic nitrogens is 1. The largest absolute Gasteiger partial charge is 0.394 e. The van der Waals surface area contributed by atoms with Gasteiger partial charge in [-0.1, -0.05) is 39.0 Å². The molecule has 1 aromatic carbocycles. The van der Waals surface area contributed by atoms with Crippen LogP contribution in [0.4, 0.5) is 0 Å². The Morgan fingerprint density at radius 1 is 1.25 bits per heavy atom. The van der Waals surface area contributed by atoms with Crippen molar-refractivity contribution in [1.82, 2.24) is 10.3 Å². The van der Waals surface area contributed by atoms with Crippen LogP contribution in [0, 0.1) is 19.3 Å². The number of fused-ring (bicyclic) bond motifs is 1. The first-order valence-corrected chi connectivity index (χ1v) is 8.46. The molecule has 0 saturated heterocycles. The smallest absolute Gasteiger partial charge is 0.224 e. The predicted molar refractivity (Wildman–Crippen MR) is 98.0 cm³/mol. The van der Waals surface area contributed by atoms with Crippen LogP contribution in [-0.2, 0) is 11.2 Å². The second-order valence-electron chi connectivity index (χ2n) is 7.71. The fourth-order valence-electron chi connectivity index (χ4n) is 3.17. The summed E-state index contributed by atoms with van der Waals surface area (Å²) in [6, 6.07) is 7.77. The normalized spacial score (nSPS) is 13.1. The lowest BCUT2D eigenvalue weighted by Gasteiger charge is -2.25. The summed E-state index contributed by atoms with van der Waals surface area (Å²) in [4.78, 5) is 17.1. The molecule has 0 bridgehead atoms. The summed E-state index contributed by atoms with van der Waals surface area (Å²) in [6.45, 7) is 10.2. The number of amides is 1. The first-order valence-electron chi connectivity index (χ1n) is 8.46. The van der Waals surface area contributed by atoms with Gasteiger partial charge in [-0.05, 0) is 42.9 Å². The number of carbonyl (C=O) groups excluding carboxylic acids is 1. The Hall–Kier alpha value is -1.94. The summed E-state index contributed by atoms with van der Waals surface area (Å²) in [7, 11) is 0. The summed E-state index contributed by atoms with van der Waals surface area (Å²) in [5, 5.41) is 13.6. The van der Waals surface area contributed by atoms with E-state index >= 15 is 0 Å². The van der Waals surface area contributed by atoms with Crippen molar-refractivity contribution in [2.45, 2.75) is 53.5 Å². The summed E-state index contributed by atoms with van der Waals surface area (Å²) in [5.74, 6) is -0.0680. The zero-order chi connectivity index (χ0) is 17.9. The van der Waals surface area contributed by atoms with Crippen LogP contribution in [0.15, 0.2) is 24.3 Å². The van der Waals surface area contributed by atoms with Crippen LogP contribution >= 0.6 is 0 Å². The van der Waals surface area contributed by atoms with Gasteiger partial charge in [-0.15, -0.1) is 0 Å². The second-order valence-corrected chi connectivity index (χ2v) is 7.71. The monoisotopic (exact) mass is 328 g/mol. The number of aliphatic hydroxyl groups excluding tert-OH is 1. The first-order chi connectivity index (χ1) is 11.2. The number of carbonyl (C=O) groups is 1.